The SMILES string of the molecule is Cc1cccc(CS(=O)(=O)NCCn2nc(-c3ccccn3)c3c2CCCC3)c1. The first-order chi connectivity index (χ1) is 14.0. The molecule has 152 valence electrons. The molecule has 0 fully saturated rings. The van der Waals surface area contributed by atoms with E-state index < -0.39 is 10.0 Å². The fourth-order valence-electron chi connectivity index (χ4n) is 3.94. The molecule has 1 aliphatic rings. The quantitative estimate of drug-likeness (QED) is 0.649. The standard InChI is InChI=1S/C22H26N4O2S/c1-17-7-6-8-18(15-17)16-29(27,28)24-13-14-26-21-11-3-2-9-19(21)22(25-26)20-10-4-5-12-23-20/h4-8,10,12,15,24H,2-3,9,11,13-14,16H2,1H3. The topological polar surface area (TPSA) is 76.9 Å². The molecule has 1 N–H and O–H groups in total. The van der Waals surface area contributed by atoms with E-state index in [1.807, 2.05) is 54.1 Å². The monoisotopic (exact) mass is 410 g/mol. The van der Waals surface area contributed by atoms with Gasteiger partial charge in [-0.2, -0.15) is 5.10 Å². The van der Waals surface area contributed by atoms with Crippen LogP contribution in [0.5, 0.6) is 0 Å². The average molecular weight is 411 g/mol. The summed E-state index contributed by atoms with van der Waals surface area (Å²) in [4.78, 5) is 4.46. The second-order valence-electron chi connectivity index (χ2n) is 7.56. The highest BCUT2D eigenvalue weighted by atomic mass is 32.2. The molecule has 0 amide bonds. The van der Waals surface area contributed by atoms with Crippen LogP contribution in [-0.2, 0) is 35.2 Å². The predicted octanol–water partition coefficient (Wildman–Crippen LogP) is 3.25. The van der Waals surface area contributed by atoms with Crippen LogP contribution in [-0.4, -0.2) is 29.7 Å². The molecule has 7 heteroatoms. The fraction of sp³-hybridized carbons (Fsp3) is 0.364. The molecule has 2 heterocycles. The van der Waals surface area contributed by atoms with Crippen molar-refractivity contribution < 1.29 is 8.42 Å². The highest BCUT2D eigenvalue weighted by Gasteiger charge is 2.22. The molecule has 6 nitrogen and oxygen atoms in total. The van der Waals surface area contributed by atoms with Gasteiger partial charge in [0.2, 0.25) is 10.0 Å². The van der Waals surface area contributed by atoms with Crippen LogP contribution in [0.4, 0.5) is 0 Å². The number of aromatic nitrogens is 3. The smallest absolute Gasteiger partial charge is 0.215 e. The van der Waals surface area contributed by atoms with Crippen molar-refractivity contribution in [2.45, 2.75) is 44.9 Å². The molecule has 29 heavy (non-hydrogen) atoms. The van der Waals surface area contributed by atoms with E-state index in [9.17, 15) is 8.42 Å². The van der Waals surface area contributed by atoms with Crippen LogP contribution < -0.4 is 4.72 Å². The summed E-state index contributed by atoms with van der Waals surface area (Å²) in [5, 5.41) is 4.80. The van der Waals surface area contributed by atoms with Crippen molar-refractivity contribution in [2.24, 2.45) is 0 Å². The summed E-state index contributed by atoms with van der Waals surface area (Å²) < 4.78 is 29.6. The molecule has 0 bridgehead atoms. The Kier molecular flexibility index (Phi) is 5.78. The average Bonchev–Trinajstić information content (AvgIpc) is 3.07. The first-order valence-corrected chi connectivity index (χ1v) is 11.7. The Labute approximate surface area is 172 Å². The maximum absolute atomic E-state index is 12.5. The first kappa shape index (κ1) is 19.8. The number of fused-ring (bicyclic) bond motifs is 1. The van der Waals surface area contributed by atoms with Crippen molar-refractivity contribution in [3.8, 4) is 11.4 Å². The molecular weight excluding hydrogens is 384 g/mol. The fourth-order valence-corrected chi connectivity index (χ4v) is 5.07. The lowest BCUT2D eigenvalue weighted by Crippen LogP contribution is -2.29. The summed E-state index contributed by atoms with van der Waals surface area (Å²) >= 11 is 0. The number of pyridine rings is 1. The summed E-state index contributed by atoms with van der Waals surface area (Å²) in [6.45, 7) is 2.80. The van der Waals surface area contributed by atoms with E-state index in [1.54, 1.807) is 6.20 Å². The molecule has 3 aromatic rings. The van der Waals surface area contributed by atoms with Gasteiger partial charge < -0.3 is 0 Å². The van der Waals surface area contributed by atoms with E-state index in [1.165, 1.54) is 11.3 Å². The van der Waals surface area contributed by atoms with Crippen molar-refractivity contribution in [2.75, 3.05) is 6.54 Å². The molecule has 0 radical (unpaired) electrons. The minimum atomic E-state index is -3.39. The molecule has 2 aromatic heterocycles. The molecule has 0 saturated heterocycles. The van der Waals surface area contributed by atoms with Gasteiger partial charge in [-0.15, -0.1) is 0 Å². The molecule has 4 rings (SSSR count). The largest absolute Gasteiger partial charge is 0.267 e. The van der Waals surface area contributed by atoms with Crippen molar-refractivity contribution in [3.63, 3.8) is 0 Å². The van der Waals surface area contributed by atoms with Crippen molar-refractivity contribution >= 4 is 10.0 Å². The second-order valence-corrected chi connectivity index (χ2v) is 9.37. The van der Waals surface area contributed by atoms with E-state index >= 15 is 0 Å². The highest BCUT2D eigenvalue weighted by Crippen LogP contribution is 2.30. The zero-order valence-electron chi connectivity index (χ0n) is 16.6. The lowest BCUT2D eigenvalue weighted by molar-refractivity contribution is 0.538. The zero-order chi connectivity index (χ0) is 20.3. The molecule has 0 atom stereocenters. The number of hydrogen-bond acceptors (Lipinski definition) is 4. The number of nitrogens with one attached hydrogen (secondary N) is 1. The van der Waals surface area contributed by atoms with Crippen LogP contribution in [0, 0.1) is 6.92 Å². The van der Waals surface area contributed by atoms with E-state index in [2.05, 4.69) is 9.71 Å². The van der Waals surface area contributed by atoms with E-state index in [-0.39, 0.29) is 5.75 Å². The van der Waals surface area contributed by atoms with Gasteiger partial charge in [0.1, 0.15) is 5.69 Å². The van der Waals surface area contributed by atoms with Crippen LogP contribution in [0.1, 0.15) is 35.2 Å². The van der Waals surface area contributed by atoms with Gasteiger partial charge in [-0.3, -0.25) is 9.67 Å². The Morgan fingerprint density at radius 3 is 2.76 bits per heavy atom. The molecule has 0 spiro atoms. The van der Waals surface area contributed by atoms with Gasteiger partial charge in [-0.05, 0) is 50.3 Å². The van der Waals surface area contributed by atoms with E-state index in [4.69, 9.17) is 5.10 Å². The van der Waals surface area contributed by atoms with Crippen molar-refractivity contribution in [1.29, 1.82) is 0 Å². The number of benzene rings is 1. The zero-order valence-corrected chi connectivity index (χ0v) is 17.5. The molecule has 1 aromatic carbocycles. The Bertz CT molecular complexity index is 1090. The van der Waals surface area contributed by atoms with Gasteiger partial charge in [-0.25, -0.2) is 13.1 Å². The van der Waals surface area contributed by atoms with Crippen molar-refractivity contribution in [3.05, 3.63) is 71.0 Å². The van der Waals surface area contributed by atoms with E-state index in [0.29, 0.717) is 13.1 Å². The first-order valence-electron chi connectivity index (χ1n) is 10.0. The number of aryl methyl sites for hydroxylation is 1. The van der Waals surface area contributed by atoms with Gasteiger partial charge in [0, 0.05) is 24.0 Å². The van der Waals surface area contributed by atoms with Gasteiger partial charge >= 0.3 is 0 Å². The molecule has 0 saturated carbocycles. The number of sulfonamides is 1. The van der Waals surface area contributed by atoms with Crippen LogP contribution in [0.25, 0.3) is 11.4 Å². The molecular formula is C22H26N4O2S. The third-order valence-corrected chi connectivity index (χ3v) is 6.61. The third kappa shape index (κ3) is 4.74. The molecule has 0 aliphatic heterocycles. The van der Waals surface area contributed by atoms with Gasteiger partial charge in [0.05, 0.1) is 18.0 Å². The Morgan fingerprint density at radius 1 is 1.10 bits per heavy atom. The van der Waals surface area contributed by atoms with Gasteiger partial charge in [0.25, 0.3) is 0 Å². The number of rotatable bonds is 7. The van der Waals surface area contributed by atoms with Crippen LogP contribution in [0.15, 0.2) is 48.7 Å². The van der Waals surface area contributed by atoms with Gasteiger partial charge in [0.15, 0.2) is 0 Å². The van der Waals surface area contributed by atoms with E-state index in [0.717, 1.165) is 48.2 Å². The van der Waals surface area contributed by atoms with Crippen LogP contribution >= 0.6 is 0 Å². The maximum atomic E-state index is 12.5. The normalized spacial score (nSPS) is 14.0. The summed E-state index contributed by atoms with van der Waals surface area (Å²) in [6, 6.07) is 13.4. The minimum Gasteiger partial charge on any atom is -0.267 e. The lowest BCUT2D eigenvalue weighted by Gasteiger charge is -2.14. The summed E-state index contributed by atoms with van der Waals surface area (Å²) in [7, 11) is -3.39. The Morgan fingerprint density at radius 2 is 1.97 bits per heavy atom. The number of hydrogen-bond donors (Lipinski definition) is 1. The van der Waals surface area contributed by atoms with Crippen LogP contribution in [0.3, 0.4) is 0 Å². The number of nitrogens with zero attached hydrogens (tertiary/aromatic N) is 3. The predicted molar refractivity (Wildman–Crippen MR) is 114 cm³/mol. The molecule has 1 aliphatic carbocycles. The Balaban J connectivity index is 1.46. The highest BCUT2D eigenvalue weighted by molar-refractivity contribution is 7.88. The summed E-state index contributed by atoms with van der Waals surface area (Å²) in [5.74, 6) is -0.00885. The van der Waals surface area contributed by atoms with Crippen LogP contribution in [0.2, 0.25) is 0 Å². The molecule has 0 unspecified atom stereocenters. The third-order valence-electron chi connectivity index (χ3n) is 5.25. The van der Waals surface area contributed by atoms with Gasteiger partial charge in [-0.1, -0.05) is 35.9 Å². The summed E-state index contributed by atoms with van der Waals surface area (Å²) in [6.07, 6.45) is 6.05. The van der Waals surface area contributed by atoms with Crippen molar-refractivity contribution in [1.82, 2.24) is 19.5 Å². The maximum Gasteiger partial charge on any atom is 0.215 e. The Hall–Kier alpha value is -2.51. The summed E-state index contributed by atoms with van der Waals surface area (Å²) in [5.41, 5.74) is 6.15. The lowest BCUT2D eigenvalue weighted by atomic mass is 9.95. The second kappa shape index (κ2) is 8.47. The minimum absolute atomic E-state index is 0.00885.